The highest BCUT2D eigenvalue weighted by molar-refractivity contribution is 5.71. The summed E-state index contributed by atoms with van der Waals surface area (Å²) in [7, 11) is 0. The van der Waals surface area contributed by atoms with Gasteiger partial charge >= 0.3 is 17.9 Å². The first-order valence-corrected chi connectivity index (χ1v) is 32.6. The predicted molar refractivity (Wildman–Crippen MR) is 352 cm³/mol. The van der Waals surface area contributed by atoms with Crippen LogP contribution in [0.5, 0.6) is 0 Å². The van der Waals surface area contributed by atoms with Gasteiger partial charge in [0.2, 0.25) is 0 Å². The summed E-state index contributed by atoms with van der Waals surface area (Å²) in [5, 5.41) is 0. The van der Waals surface area contributed by atoms with Crippen LogP contribution in [0.2, 0.25) is 0 Å². The molecule has 0 aromatic carbocycles. The minimum absolute atomic E-state index is 0.129. The van der Waals surface area contributed by atoms with Crippen LogP contribution in [0.3, 0.4) is 0 Å². The standard InChI is InChI=1S/C75H118O6/c1-4-7-10-13-16-19-22-25-28-31-34-35-36-37-38-39-42-44-47-50-53-56-59-62-65-68-74(77)80-71-72(81-75(78)69-66-63-60-57-54-51-48-45-41-33-30-27-24-21-18-15-12-9-6-3)70-79-73(76)67-64-61-58-55-52-49-46-43-40-32-29-26-23-20-17-14-11-8-5-2/h8-9,11-12,17-18,20-22,25-27,29-31,34,36-37,40-41,43,45,49,51-52,54,60,63,72H,4-7,10,13-16,19,23-24,28,32-33,35,38-39,42,44,46-48,50,53,55-59,61-62,64-71H2,1-3H3/b11-8-,12-9-,20-17-,21-18-,25-22-,29-26-,30-27-,34-31-,37-36-,43-40-,45-41-,52-49-,54-51-,63-60-. The third kappa shape index (κ3) is 65.5. The lowest BCUT2D eigenvalue weighted by molar-refractivity contribution is -0.166. The molecule has 0 bridgehead atoms. The number of hydrogen-bond donors (Lipinski definition) is 0. The van der Waals surface area contributed by atoms with Gasteiger partial charge in [0.1, 0.15) is 13.2 Å². The summed E-state index contributed by atoms with van der Waals surface area (Å²) >= 11 is 0. The molecular weight excluding hydrogens is 997 g/mol. The molecule has 0 fully saturated rings. The van der Waals surface area contributed by atoms with Gasteiger partial charge in [0.25, 0.3) is 0 Å². The van der Waals surface area contributed by atoms with Crippen molar-refractivity contribution in [2.75, 3.05) is 13.2 Å². The lowest BCUT2D eigenvalue weighted by atomic mass is 10.1. The zero-order valence-electron chi connectivity index (χ0n) is 52.0. The van der Waals surface area contributed by atoms with Crippen LogP contribution in [0.25, 0.3) is 0 Å². The van der Waals surface area contributed by atoms with Crippen molar-refractivity contribution in [3.63, 3.8) is 0 Å². The van der Waals surface area contributed by atoms with Crippen LogP contribution in [-0.4, -0.2) is 37.2 Å². The van der Waals surface area contributed by atoms with Gasteiger partial charge in [0, 0.05) is 19.3 Å². The molecule has 0 aromatic rings. The van der Waals surface area contributed by atoms with Gasteiger partial charge in [-0.3, -0.25) is 14.4 Å². The minimum Gasteiger partial charge on any atom is -0.462 e. The normalized spacial score (nSPS) is 13.3. The van der Waals surface area contributed by atoms with E-state index in [1.807, 2.05) is 12.2 Å². The lowest BCUT2D eigenvalue weighted by Gasteiger charge is -2.18. The van der Waals surface area contributed by atoms with E-state index < -0.39 is 12.1 Å². The molecule has 6 nitrogen and oxygen atoms in total. The molecule has 1 atom stereocenters. The van der Waals surface area contributed by atoms with Crippen LogP contribution < -0.4 is 0 Å². The molecular formula is C75H118O6. The number of hydrogen-bond acceptors (Lipinski definition) is 6. The molecule has 0 saturated heterocycles. The number of carbonyl (C=O) groups excluding carboxylic acids is 3. The van der Waals surface area contributed by atoms with Gasteiger partial charge < -0.3 is 14.2 Å². The van der Waals surface area contributed by atoms with Gasteiger partial charge in [-0.15, -0.1) is 0 Å². The van der Waals surface area contributed by atoms with Gasteiger partial charge in [-0.1, -0.05) is 274 Å². The van der Waals surface area contributed by atoms with E-state index >= 15 is 0 Å². The summed E-state index contributed by atoms with van der Waals surface area (Å²) < 4.78 is 16.8. The molecule has 0 aliphatic rings. The Morgan fingerprint density at radius 2 is 0.506 bits per heavy atom. The number of ether oxygens (including phenoxy) is 3. The van der Waals surface area contributed by atoms with Crippen LogP contribution in [0, 0.1) is 0 Å². The Labute approximate surface area is 498 Å². The van der Waals surface area contributed by atoms with Gasteiger partial charge in [-0.05, 0) is 141 Å². The molecule has 0 amide bonds. The number of allylic oxidation sites excluding steroid dienone is 28. The van der Waals surface area contributed by atoms with Gasteiger partial charge in [-0.25, -0.2) is 0 Å². The summed E-state index contributed by atoms with van der Waals surface area (Å²) in [5.74, 6) is -1.06. The fraction of sp³-hybridized carbons (Fsp3) is 0.587. The number of rotatable bonds is 57. The van der Waals surface area contributed by atoms with E-state index in [1.165, 1.54) is 89.9 Å². The summed E-state index contributed by atoms with van der Waals surface area (Å²) in [4.78, 5) is 38.3. The molecule has 1 unspecified atom stereocenters. The van der Waals surface area contributed by atoms with E-state index in [-0.39, 0.29) is 31.6 Å². The molecule has 0 heterocycles. The second-order valence-electron chi connectivity index (χ2n) is 20.9. The Morgan fingerprint density at radius 3 is 0.815 bits per heavy atom. The number of carbonyl (C=O) groups is 3. The van der Waals surface area contributed by atoms with Gasteiger partial charge in [-0.2, -0.15) is 0 Å². The first kappa shape index (κ1) is 75.8. The van der Waals surface area contributed by atoms with Crippen LogP contribution in [-0.2, 0) is 28.6 Å². The Morgan fingerprint density at radius 1 is 0.259 bits per heavy atom. The Kier molecular flexibility index (Phi) is 62.9. The maximum absolute atomic E-state index is 12.9. The summed E-state index contributed by atoms with van der Waals surface area (Å²) in [5.41, 5.74) is 0. The SMILES string of the molecule is CC/C=C\C/C=C\C/C=C\C/C=C\C/C=C\C/C=C\CCC(=O)OC(COC(=O)CCCCC/C=C\C/C=C\C/C=C\C/C=C\C/C=C\CC)COC(=O)CCCCCCCCCCCC/C=C\C/C=C\C/C=C\CCCCCCC. The molecule has 0 spiro atoms. The summed E-state index contributed by atoms with van der Waals surface area (Å²) in [6, 6.07) is 0. The molecule has 454 valence electrons. The monoisotopic (exact) mass is 1110 g/mol. The maximum atomic E-state index is 12.9. The Hall–Kier alpha value is -5.23. The van der Waals surface area contributed by atoms with E-state index in [0.717, 1.165) is 128 Å². The van der Waals surface area contributed by atoms with Crippen molar-refractivity contribution in [1.29, 1.82) is 0 Å². The van der Waals surface area contributed by atoms with Crippen molar-refractivity contribution in [2.45, 2.75) is 271 Å². The van der Waals surface area contributed by atoms with Crippen LogP contribution in [0.1, 0.15) is 265 Å². The van der Waals surface area contributed by atoms with Crippen molar-refractivity contribution in [3.8, 4) is 0 Å². The molecule has 81 heavy (non-hydrogen) atoms. The average molecular weight is 1120 g/mol. The van der Waals surface area contributed by atoms with E-state index in [0.29, 0.717) is 19.3 Å². The van der Waals surface area contributed by atoms with Crippen LogP contribution in [0.15, 0.2) is 170 Å². The molecule has 0 aliphatic heterocycles. The fourth-order valence-electron chi connectivity index (χ4n) is 8.38. The average Bonchev–Trinajstić information content (AvgIpc) is 3.47. The van der Waals surface area contributed by atoms with Crippen LogP contribution >= 0.6 is 0 Å². The zero-order valence-corrected chi connectivity index (χ0v) is 52.0. The van der Waals surface area contributed by atoms with Crippen LogP contribution in [0.4, 0.5) is 0 Å². The topological polar surface area (TPSA) is 78.9 Å². The van der Waals surface area contributed by atoms with E-state index in [9.17, 15) is 14.4 Å². The molecule has 0 rings (SSSR count). The quantitative estimate of drug-likeness (QED) is 0.0261. The Bertz CT molecular complexity index is 1860. The number of esters is 3. The van der Waals surface area contributed by atoms with E-state index in [4.69, 9.17) is 14.2 Å². The highest BCUT2D eigenvalue weighted by Gasteiger charge is 2.19. The molecule has 0 N–H and O–H groups in total. The fourth-order valence-corrected chi connectivity index (χ4v) is 8.38. The second-order valence-corrected chi connectivity index (χ2v) is 20.9. The molecule has 0 aliphatic carbocycles. The summed E-state index contributed by atoms with van der Waals surface area (Å²) in [6.45, 7) is 6.31. The first-order chi connectivity index (χ1) is 40.0. The van der Waals surface area contributed by atoms with Crippen molar-refractivity contribution in [3.05, 3.63) is 170 Å². The lowest BCUT2D eigenvalue weighted by Crippen LogP contribution is -2.30. The highest BCUT2D eigenvalue weighted by atomic mass is 16.6. The first-order valence-electron chi connectivity index (χ1n) is 32.6. The molecule has 0 aromatic heterocycles. The van der Waals surface area contributed by atoms with E-state index in [2.05, 4.69) is 179 Å². The largest absolute Gasteiger partial charge is 0.462 e. The van der Waals surface area contributed by atoms with Crippen molar-refractivity contribution in [1.82, 2.24) is 0 Å². The summed E-state index contributed by atoms with van der Waals surface area (Å²) in [6.07, 6.45) is 99.4. The predicted octanol–water partition coefficient (Wildman–Crippen LogP) is 22.7. The maximum Gasteiger partial charge on any atom is 0.306 e. The minimum atomic E-state index is -0.845. The Balaban J connectivity index is 4.55. The van der Waals surface area contributed by atoms with E-state index in [1.54, 1.807) is 0 Å². The van der Waals surface area contributed by atoms with Crippen molar-refractivity contribution >= 4 is 17.9 Å². The van der Waals surface area contributed by atoms with Crippen molar-refractivity contribution < 1.29 is 28.6 Å². The third-order valence-electron chi connectivity index (χ3n) is 13.2. The number of unbranched alkanes of at least 4 members (excludes halogenated alkanes) is 18. The molecule has 0 saturated carbocycles. The zero-order chi connectivity index (χ0) is 58.5. The second kappa shape index (κ2) is 67.3. The smallest absolute Gasteiger partial charge is 0.306 e. The molecule has 6 heteroatoms. The van der Waals surface area contributed by atoms with Crippen molar-refractivity contribution in [2.24, 2.45) is 0 Å². The molecule has 0 radical (unpaired) electrons. The van der Waals surface area contributed by atoms with Gasteiger partial charge in [0.15, 0.2) is 6.10 Å². The highest BCUT2D eigenvalue weighted by Crippen LogP contribution is 2.14. The third-order valence-corrected chi connectivity index (χ3v) is 13.2. The van der Waals surface area contributed by atoms with Gasteiger partial charge in [0.05, 0.1) is 0 Å².